The molecular formula is C25H34N2O6. The number of morpholine rings is 1. The van der Waals surface area contributed by atoms with Gasteiger partial charge >= 0.3 is 11.6 Å². The molecule has 1 aromatic carbocycles. The molecule has 0 amide bonds. The van der Waals surface area contributed by atoms with Crippen molar-refractivity contribution in [3.63, 3.8) is 0 Å². The Morgan fingerprint density at radius 3 is 2.67 bits per heavy atom. The zero-order valence-electron chi connectivity index (χ0n) is 19.9. The van der Waals surface area contributed by atoms with Crippen molar-refractivity contribution in [2.75, 3.05) is 46.1 Å². The van der Waals surface area contributed by atoms with Crippen LogP contribution in [0.25, 0.3) is 11.0 Å². The molecule has 1 saturated heterocycles. The van der Waals surface area contributed by atoms with E-state index < -0.39 is 0 Å². The third kappa shape index (κ3) is 5.93. The number of nitrogens with zero attached hydrogens (tertiary/aromatic N) is 2. The number of hydrogen-bond donors (Lipinski definition) is 0. The number of aryl methyl sites for hydroxylation is 2. The summed E-state index contributed by atoms with van der Waals surface area (Å²) in [6.45, 7) is 12.2. The third-order valence-electron chi connectivity index (χ3n) is 6.16. The van der Waals surface area contributed by atoms with Crippen LogP contribution in [0.4, 0.5) is 0 Å². The molecule has 2 aliphatic rings. The van der Waals surface area contributed by atoms with Crippen molar-refractivity contribution in [3.8, 4) is 5.75 Å². The van der Waals surface area contributed by atoms with E-state index in [9.17, 15) is 9.59 Å². The first-order valence-electron chi connectivity index (χ1n) is 11.8. The van der Waals surface area contributed by atoms with Crippen molar-refractivity contribution in [3.05, 3.63) is 39.2 Å². The average molecular weight is 459 g/mol. The number of fused-ring (bicyclic) bond motifs is 3. The summed E-state index contributed by atoms with van der Waals surface area (Å²) in [4.78, 5) is 28.9. The Balaban J connectivity index is 1.53. The number of rotatable bonds is 8. The van der Waals surface area contributed by atoms with Gasteiger partial charge in [-0.25, -0.2) is 4.79 Å². The van der Waals surface area contributed by atoms with Gasteiger partial charge in [-0.1, -0.05) is 0 Å². The summed E-state index contributed by atoms with van der Waals surface area (Å²) in [6, 6.07) is 3.50. The van der Waals surface area contributed by atoms with E-state index >= 15 is 0 Å². The van der Waals surface area contributed by atoms with Gasteiger partial charge in [-0.05, 0) is 57.4 Å². The number of hydrogen-bond acceptors (Lipinski definition) is 8. The number of carbonyl (C=O) groups excluding carboxylic acids is 1. The molecule has 0 saturated carbocycles. The Morgan fingerprint density at radius 2 is 1.91 bits per heavy atom. The van der Waals surface area contributed by atoms with Crippen LogP contribution < -0.4 is 10.4 Å². The first-order chi connectivity index (χ1) is 15.9. The molecule has 1 aromatic heterocycles. The third-order valence-corrected chi connectivity index (χ3v) is 6.16. The van der Waals surface area contributed by atoms with Crippen molar-refractivity contribution in [2.24, 2.45) is 0 Å². The topological polar surface area (TPSA) is 81.5 Å². The predicted molar refractivity (Wildman–Crippen MR) is 125 cm³/mol. The lowest BCUT2D eigenvalue weighted by Gasteiger charge is -2.32. The predicted octanol–water partition coefficient (Wildman–Crippen LogP) is 2.86. The van der Waals surface area contributed by atoms with Gasteiger partial charge in [0.1, 0.15) is 18.1 Å². The maximum atomic E-state index is 12.1. The van der Waals surface area contributed by atoms with Crippen LogP contribution in [0.2, 0.25) is 0 Å². The minimum atomic E-state index is -0.361. The van der Waals surface area contributed by atoms with Gasteiger partial charge in [0.15, 0.2) is 0 Å². The van der Waals surface area contributed by atoms with Gasteiger partial charge in [-0.2, -0.15) is 0 Å². The molecule has 2 aromatic rings. The lowest BCUT2D eigenvalue weighted by molar-refractivity contribution is -0.147. The number of benzene rings is 1. The molecule has 0 N–H and O–H groups in total. The van der Waals surface area contributed by atoms with Gasteiger partial charge < -0.3 is 18.6 Å². The number of ether oxygens (including phenoxy) is 3. The van der Waals surface area contributed by atoms with E-state index in [1.165, 1.54) is 6.07 Å². The highest BCUT2D eigenvalue weighted by Crippen LogP contribution is 2.37. The number of carbonyl (C=O) groups is 1. The zero-order valence-corrected chi connectivity index (χ0v) is 19.9. The lowest BCUT2D eigenvalue weighted by Crippen LogP contribution is -2.39. The smallest absolute Gasteiger partial charge is 0.336 e. The average Bonchev–Trinajstić information content (AvgIpc) is 2.78. The van der Waals surface area contributed by atoms with Gasteiger partial charge in [0.25, 0.3) is 0 Å². The van der Waals surface area contributed by atoms with E-state index in [0.29, 0.717) is 25.3 Å². The minimum Gasteiger partial charge on any atom is -0.477 e. The second-order valence-corrected chi connectivity index (χ2v) is 9.14. The van der Waals surface area contributed by atoms with Gasteiger partial charge in [-0.3, -0.25) is 14.6 Å². The molecule has 0 bridgehead atoms. The Morgan fingerprint density at radius 1 is 1.15 bits per heavy atom. The lowest BCUT2D eigenvalue weighted by atomic mass is 9.97. The Labute approximate surface area is 194 Å². The normalized spacial score (nSPS) is 17.2. The second kappa shape index (κ2) is 10.7. The van der Waals surface area contributed by atoms with Gasteiger partial charge in [-0.15, -0.1) is 0 Å². The van der Waals surface area contributed by atoms with E-state index in [4.69, 9.17) is 18.6 Å². The summed E-state index contributed by atoms with van der Waals surface area (Å²) in [6.07, 6.45) is 1.68. The monoisotopic (exact) mass is 458 g/mol. The molecule has 0 radical (unpaired) electrons. The van der Waals surface area contributed by atoms with Gasteiger partial charge in [0, 0.05) is 44.1 Å². The first-order valence-corrected chi connectivity index (χ1v) is 11.8. The summed E-state index contributed by atoms with van der Waals surface area (Å²) in [5.41, 5.74) is 2.92. The van der Waals surface area contributed by atoms with E-state index in [-0.39, 0.29) is 24.1 Å². The van der Waals surface area contributed by atoms with Crippen LogP contribution in [0.5, 0.6) is 5.75 Å². The highest BCUT2D eigenvalue weighted by atomic mass is 16.5. The van der Waals surface area contributed by atoms with Crippen molar-refractivity contribution in [1.82, 2.24) is 9.80 Å². The molecule has 4 rings (SSSR count). The molecule has 180 valence electrons. The Bertz CT molecular complexity index is 1040. The molecule has 33 heavy (non-hydrogen) atoms. The number of esters is 1. The maximum absolute atomic E-state index is 12.1. The standard InChI is InChI=1S/C25H34N2O6/c1-17(2)32-22(28)6-5-19-14-20-18(3)13-23(29)33-25(20)21-15-27(16-31-24(19)21)8-4-7-26-9-11-30-12-10-26/h13-14,17H,4-12,15-16H2,1-3H3. The van der Waals surface area contributed by atoms with E-state index in [2.05, 4.69) is 9.80 Å². The first kappa shape index (κ1) is 23.7. The zero-order chi connectivity index (χ0) is 23.4. The van der Waals surface area contributed by atoms with Crippen molar-refractivity contribution in [2.45, 2.75) is 52.7 Å². The summed E-state index contributed by atoms with van der Waals surface area (Å²) in [7, 11) is 0. The summed E-state index contributed by atoms with van der Waals surface area (Å²) in [5, 5.41) is 0.888. The van der Waals surface area contributed by atoms with Crippen LogP contribution in [0, 0.1) is 6.92 Å². The molecule has 8 heteroatoms. The Hall–Kier alpha value is -2.42. The summed E-state index contributed by atoms with van der Waals surface area (Å²) >= 11 is 0. The van der Waals surface area contributed by atoms with E-state index in [1.54, 1.807) is 0 Å². The van der Waals surface area contributed by atoms with Crippen molar-refractivity contribution < 1.29 is 23.4 Å². The fraction of sp³-hybridized carbons (Fsp3) is 0.600. The van der Waals surface area contributed by atoms with Crippen LogP contribution in [0.15, 0.2) is 21.3 Å². The van der Waals surface area contributed by atoms with Crippen molar-refractivity contribution in [1.29, 1.82) is 0 Å². The molecule has 3 heterocycles. The molecule has 8 nitrogen and oxygen atoms in total. The van der Waals surface area contributed by atoms with Crippen LogP contribution in [-0.4, -0.2) is 68.0 Å². The fourth-order valence-electron chi connectivity index (χ4n) is 4.54. The highest BCUT2D eigenvalue weighted by Gasteiger charge is 2.26. The molecule has 0 unspecified atom stereocenters. The van der Waals surface area contributed by atoms with Crippen LogP contribution in [0.1, 0.15) is 43.4 Å². The Kier molecular flexibility index (Phi) is 7.67. The van der Waals surface area contributed by atoms with E-state index in [0.717, 1.165) is 73.6 Å². The summed E-state index contributed by atoms with van der Waals surface area (Å²) < 4.78 is 22.6. The molecule has 0 spiro atoms. The van der Waals surface area contributed by atoms with Crippen LogP contribution in [-0.2, 0) is 27.2 Å². The SMILES string of the molecule is Cc1cc(=O)oc2c3c(c(CCC(=O)OC(C)C)cc12)OCN(CCCN1CCOCC1)C3. The quantitative estimate of drug-likeness (QED) is 0.441. The van der Waals surface area contributed by atoms with Gasteiger partial charge in [0.2, 0.25) is 0 Å². The molecule has 0 atom stereocenters. The van der Waals surface area contributed by atoms with Crippen LogP contribution in [0.3, 0.4) is 0 Å². The van der Waals surface area contributed by atoms with E-state index in [1.807, 2.05) is 26.8 Å². The molecular weight excluding hydrogens is 424 g/mol. The van der Waals surface area contributed by atoms with Crippen molar-refractivity contribution >= 4 is 16.9 Å². The van der Waals surface area contributed by atoms with Crippen LogP contribution >= 0.6 is 0 Å². The fourth-order valence-corrected chi connectivity index (χ4v) is 4.54. The second-order valence-electron chi connectivity index (χ2n) is 9.14. The van der Waals surface area contributed by atoms with Gasteiger partial charge in [0.05, 0.1) is 24.9 Å². The molecule has 2 aliphatic heterocycles. The molecule has 0 aliphatic carbocycles. The maximum Gasteiger partial charge on any atom is 0.336 e. The highest BCUT2D eigenvalue weighted by molar-refractivity contribution is 5.86. The molecule has 1 fully saturated rings. The minimum absolute atomic E-state index is 0.137. The largest absolute Gasteiger partial charge is 0.477 e. The summed E-state index contributed by atoms with van der Waals surface area (Å²) in [5.74, 6) is 0.508.